The van der Waals surface area contributed by atoms with E-state index in [0.29, 0.717) is 6.61 Å². The van der Waals surface area contributed by atoms with Gasteiger partial charge in [-0.2, -0.15) is 0 Å². The van der Waals surface area contributed by atoms with Gasteiger partial charge in [0.2, 0.25) is 0 Å². The summed E-state index contributed by atoms with van der Waals surface area (Å²) in [6.07, 6.45) is 1.20. The molecular weight excluding hydrogens is 272 g/mol. The van der Waals surface area contributed by atoms with Gasteiger partial charge >= 0.3 is 0 Å². The van der Waals surface area contributed by atoms with Crippen molar-refractivity contribution in [1.82, 2.24) is 5.32 Å². The standard InChI is InChI=1S/C19H24N2O/c1-16-14-18(21-12-5-10-20-11-13-21)8-9-19(16)22-15-17-6-3-2-4-7-17/h2-4,6-9,14,20H,5,10-13,15H2,1H3. The molecule has 1 fully saturated rings. The van der Waals surface area contributed by atoms with E-state index in [2.05, 4.69) is 47.5 Å². The van der Waals surface area contributed by atoms with E-state index in [1.807, 2.05) is 18.2 Å². The van der Waals surface area contributed by atoms with E-state index in [4.69, 9.17) is 4.74 Å². The number of benzene rings is 2. The van der Waals surface area contributed by atoms with Crippen LogP contribution in [0, 0.1) is 6.92 Å². The van der Waals surface area contributed by atoms with Gasteiger partial charge in [-0.3, -0.25) is 0 Å². The zero-order valence-electron chi connectivity index (χ0n) is 13.2. The van der Waals surface area contributed by atoms with Crippen LogP contribution in [0.3, 0.4) is 0 Å². The average molecular weight is 296 g/mol. The minimum Gasteiger partial charge on any atom is -0.489 e. The summed E-state index contributed by atoms with van der Waals surface area (Å²) in [5.41, 5.74) is 3.70. The molecule has 3 nitrogen and oxygen atoms in total. The maximum absolute atomic E-state index is 5.96. The maximum atomic E-state index is 5.96. The fourth-order valence-electron chi connectivity index (χ4n) is 2.83. The van der Waals surface area contributed by atoms with E-state index >= 15 is 0 Å². The molecule has 0 bridgehead atoms. The van der Waals surface area contributed by atoms with Crippen LogP contribution in [0.15, 0.2) is 48.5 Å². The van der Waals surface area contributed by atoms with Crippen molar-refractivity contribution in [3.05, 3.63) is 59.7 Å². The van der Waals surface area contributed by atoms with Crippen molar-refractivity contribution in [1.29, 1.82) is 0 Å². The van der Waals surface area contributed by atoms with Crippen molar-refractivity contribution >= 4 is 5.69 Å². The summed E-state index contributed by atoms with van der Waals surface area (Å²) in [6.45, 7) is 7.12. The first-order valence-corrected chi connectivity index (χ1v) is 8.06. The Kier molecular flexibility index (Phi) is 4.96. The number of aryl methyl sites for hydroxylation is 1. The predicted molar refractivity (Wildman–Crippen MR) is 91.7 cm³/mol. The van der Waals surface area contributed by atoms with Crippen LogP contribution in [0.2, 0.25) is 0 Å². The minimum atomic E-state index is 0.620. The van der Waals surface area contributed by atoms with Gasteiger partial charge in [-0.15, -0.1) is 0 Å². The van der Waals surface area contributed by atoms with E-state index in [-0.39, 0.29) is 0 Å². The smallest absolute Gasteiger partial charge is 0.122 e. The van der Waals surface area contributed by atoms with Crippen LogP contribution in [0.5, 0.6) is 5.75 Å². The second kappa shape index (κ2) is 7.32. The molecule has 1 aliphatic heterocycles. The first-order chi connectivity index (χ1) is 10.8. The minimum absolute atomic E-state index is 0.620. The van der Waals surface area contributed by atoms with Crippen LogP contribution in [0.25, 0.3) is 0 Å². The molecule has 0 aromatic heterocycles. The highest BCUT2D eigenvalue weighted by molar-refractivity contribution is 5.53. The lowest BCUT2D eigenvalue weighted by Crippen LogP contribution is -2.27. The fraction of sp³-hybridized carbons (Fsp3) is 0.368. The number of nitrogens with one attached hydrogen (secondary N) is 1. The van der Waals surface area contributed by atoms with Gasteiger partial charge in [0.05, 0.1) is 0 Å². The Hall–Kier alpha value is -2.00. The first-order valence-electron chi connectivity index (χ1n) is 8.06. The quantitative estimate of drug-likeness (QED) is 0.936. The van der Waals surface area contributed by atoms with Gasteiger partial charge in [0.1, 0.15) is 12.4 Å². The van der Waals surface area contributed by atoms with Gasteiger partial charge in [-0.05, 0) is 49.2 Å². The molecule has 0 spiro atoms. The van der Waals surface area contributed by atoms with Gasteiger partial charge in [-0.1, -0.05) is 30.3 Å². The summed E-state index contributed by atoms with van der Waals surface area (Å²) in [5, 5.41) is 3.45. The Morgan fingerprint density at radius 2 is 1.91 bits per heavy atom. The van der Waals surface area contributed by atoms with Gasteiger partial charge in [0.25, 0.3) is 0 Å². The lowest BCUT2D eigenvalue weighted by atomic mass is 10.1. The molecule has 2 aromatic carbocycles. The number of ether oxygens (including phenoxy) is 1. The molecule has 0 saturated carbocycles. The number of hydrogen-bond acceptors (Lipinski definition) is 3. The van der Waals surface area contributed by atoms with Gasteiger partial charge < -0.3 is 15.0 Å². The molecule has 116 valence electrons. The SMILES string of the molecule is Cc1cc(N2CCCNCC2)ccc1OCc1ccccc1. The molecule has 1 aliphatic rings. The molecule has 0 amide bonds. The lowest BCUT2D eigenvalue weighted by Gasteiger charge is -2.23. The zero-order valence-corrected chi connectivity index (χ0v) is 13.2. The van der Waals surface area contributed by atoms with Crippen LogP contribution in [-0.2, 0) is 6.61 Å². The van der Waals surface area contributed by atoms with Crippen LogP contribution in [0.1, 0.15) is 17.5 Å². The molecule has 0 atom stereocenters. The number of nitrogens with zero attached hydrogens (tertiary/aromatic N) is 1. The fourth-order valence-corrected chi connectivity index (χ4v) is 2.83. The summed E-state index contributed by atoms with van der Waals surface area (Å²) >= 11 is 0. The van der Waals surface area contributed by atoms with E-state index in [1.54, 1.807) is 0 Å². The Morgan fingerprint density at radius 3 is 2.73 bits per heavy atom. The van der Waals surface area contributed by atoms with E-state index in [1.165, 1.54) is 23.2 Å². The Morgan fingerprint density at radius 1 is 1.05 bits per heavy atom. The highest BCUT2D eigenvalue weighted by Crippen LogP contribution is 2.25. The highest BCUT2D eigenvalue weighted by atomic mass is 16.5. The summed E-state index contributed by atoms with van der Waals surface area (Å²) < 4.78 is 5.96. The second-order valence-electron chi connectivity index (χ2n) is 5.81. The highest BCUT2D eigenvalue weighted by Gasteiger charge is 2.11. The topological polar surface area (TPSA) is 24.5 Å². The summed E-state index contributed by atoms with van der Waals surface area (Å²) in [5.74, 6) is 0.973. The molecule has 0 aliphatic carbocycles. The van der Waals surface area contributed by atoms with E-state index in [9.17, 15) is 0 Å². The summed E-state index contributed by atoms with van der Waals surface area (Å²) in [4.78, 5) is 2.45. The van der Waals surface area contributed by atoms with Crippen LogP contribution in [0.4, 0.5) is 5.69 Å². The number of rotatable bonds is 4. The van der Waals surface area contributed by atoms with Crippen molar-refractivity contribution in [3.8, 4) is 5.75 Å². The zero-order chi connectivity index (χ0) is 15.2. The molecule has 0 radical (unpaired) electrons. The van der Waals surface area contributed by atoms with Crippen LogP contribution >= 0.6 is 0 Å². The van der Waals surface area contributed by atoms with Crippen molar-refractivity contribution < 1.29 is 4.74 Å². The predicted octanol–water partition coefficient (Wildman–Crippen LogP) is 3.37. The summed E-state index contributed by atoms with van der Waals surface area (Å²) in [7, 11) is 0. The molecule has 1 saturated heterocycles. The molecule has 22 heavy (non-hydrogen) atoms. The third-order valence-electron chi connectivity index (χ3n) is 4.10. The Labute approximate surface area is 132 Å². The van der Waals surface area contributed by atoms with Gasteiger partial charge in [0.15, 0.2) is 0 Å². The molecule has 0 unspecified atom stereocenters. The van der Waals surface area contributed by atoms with Crippen molar-refractivity contribution in [3.63, 3.8) is 0 Å². The van der Waals surface area contributed by atoms with Gasteiger partial charge in [-0.25, -0.2) is 0 Å². The van der Waals surface area contributed by atoms with Crippen LogP contribution in [-0.4, -0.2) is 26.2 Å². The third-order valence-corrected chi connectivity index (χ3v) is 4.10. The maximum Gasteiger partial charge on any atom is 0.122 e. The van der Waals surface area contributed by atoms with E-state index < -0.39 is 0 Å². The molecule has 3 heteroatoms. The Bertz CT molecular complexity index is 590. The molecular formula is C19H24N2O. The Balaban J connectivity index is 1.66. The van der Waals surface area contributed by atoms with Crippen molar-refractivity contribution in [2.75, 3.05) is 31.1 Å². The second-order valence-corrected chi connectivity index (χ2v) is 5.81. The monoisotopic (exact) mass is 296 g/mol. The summed E-state index contributed by atoms with van der Waals surface area (Å²) in [6, 6.07) is 16.8. The average Bonchev–Trinajstić information content (AvgIpc) is 2.84. The first kappa shape index (κ1) is 14.9. The van der Waals surface area contributed by atoms with Gasteiger partial charge in [0, 0.05) is 25.3 Å². The molecule has 1 heterocycles. The van der Waals surface area contributed by atoms with E-state index in [0.717, 1.165) is 31.9 Å². The molecule has 2 aromatic rings. The van der Waals surface area contributed by atoms with Crippen LogP contribution < -0.4 is 15.0 Å². The molecule has 3 rings (SSSR count). The lowest BCUT2D eigenvalue weighted by molar-refractivity contribution is 0.304. The normalized spacial score (nSPS) is 15.4. The van der Waals surface area contributed by atoms with Crippen molar-refractivity contribution in [2.45, 2.75) is 20.0 Å². The number of anilines is 1. The van der Waals surface area contributed by atoms with Crippen molar-refractivity contribution in [2.24, 2.45) is 0 Å². The third kappa shape index (κ3) is 3.80. The number of hydrogen-bond donors (Lipinski definition) is 1. The largest absolute Gasteiger partial charge is 0.489 e. The molecule has 1 N–H and O–H groups in total.